The Hall–Kier alpha value is -2.34. The lowest BCUT2D eigenvalue weighted by molar-refractivity contribution is -1.01. The highest BCUT2D eigenvalue weighted by molar-refractivity contribution is 6.30. The summed E-state index contributed by atoms with van der Waals surface area (Å²) in [7, 11) is 0. The van der Waals surface area contributed by atoms with E-state index in [0.29, 0.717) is 13.2 Å². The van der Waals surface area contributed by atoms with E-state index in [9.17, 15) is 4.79 Å². The number of hydrogen-bond donors (Lipinski definition) is 3. The summed E-state index contributed by atoms with van der Waals surface area (Å²) >= 11 is 5.90. The topological polar surface area (TPSA) is 51.0 Å². The second kappa shape index (κ2) is 8.99. The Balaban J connectivity index is 1.25. The number of hydrogen-bond acceptors (Lipinski definition) is 2. The molecule has 0 radical (unpaired) electrons. The molecule has 1 aliphatic rings. The summed E-state index contributed by atoms with van der Waals surface area (Å²) in [6, 6.07) is 15.5. The standard InChI is InChI=1S/C23H26ClN3O2/c1-17-23(20-4-2-3-5-21(20)25-17)22(28)16-27-12-10-26(11-13-27)14-15-29-19-8-6-18(24)7-9-19/h2-9,25H,10-16H2,1H3/p+2. The molecule has 6 heteroatoms. The number of carbonyl (C=O) groups excluding carboxylic acids is 1. The molecular formula is C23H28ClN3O2+2. The fourth-order valence-corrected chi connectivity index (χ4v) is 4.31. The molecule has 1 fully saturated rings. The average Bonchev–Trinajstić information content (AvgIpc) is 3.06. The lowest BCUT2D eigenvalue weighted by atomic mass is 10.1. The minimum atomic E-state index is 0.240. The third-order valence-electron chi connectivity index (χ3n) is 5.79. The first-order valence-electron chi connectivity index (χ1n) is 10.3. The monoisotopic (exact) mass is 413 g/mol. The Morgan fingerprint density at radius 1 is 1.03 bits per heavy atom. The highest BCUT2D eigenvalue weighted by Crippen LogP contribution is 2.21. The normalized spacial score (nSPS) is 19.4. The van der Waals surface area contributed by atoms with E-state index in [1.807, 2.05) is 55.5 Å². The molecule has 0 saturated carbocycles. The molecule has 5 nitrogen and oxygen atoms in total. The van der Waals surface area contributed by atoms with E-state index in [2.05, 4.69) is 4.98 Å². The van der Waals surface area contributed by atoms with E-state index >= 15 is 0 Å². The highest BCUT2D eigenvalue weighted by Gasteiger charge is 2.26. The molecule has 0 atom stereocenters. The Labute approximate surface area is 176 Å². The smallest absolute Gasteiger partial charge is 0.219 e. The van der Waals surface area contributed by atoms with Crippen LogP contribution in [0.4, 0.5) is 0 Å². The number of aromatic nitrogens is 1. The van der Waals surface area contributed by atoms with Gasteiger partial charge in [-0.25, -0.2) is 0 Å². The second-order valence-corrected chi connectivity index (χ2v) is 8.26. The zero-order valence-electron chi connectivity index (χ0n) is 16.8. The van der Waals surface area contributed by atoms with Gasteiger partial charge in [0, 0.05) is 21.6 Å². The van der Waals surface area contributed by atoms with Crippen LogP contribution in [0.1, 0.15) is 16.1 Å². The molecule has 29 heavy (non-hydrogen) atoms. The van der Waals surface area contributed by atoms with Gasteiger partial charge in [0.15, 0.2) is 0 Å². The van der Waals surface area contributed by atoms with Crippen molar-refractivity contribution < 1.29 is 19.3 Å². The molecule has 1 aliphatic heterocycles. The van der Waals surface area contributed by atoms with Crippen LogP contribution in [0.3, 0.4) is 0 Å². The first-order chi connectivity index (χ1) is 14.1. The van der Waals surface area contributed by atoms with Gasteiger partial charge in [0.05, 0.1) is 5.56 Å². The van der Waals surface area contributed by atoms with Crippen LogP contribution in [0.25, 0.3) is 10.9 Å². The van der Waals surface area contributed by atoms with Crippen LogP contribution >= 0.6 is 11.6 Å². The summed E-state index contributed by atoms with van der Waals surface area (Å²) in [6.45, 7) is 8.40. The van der Waals surface area contributed by atoms with Crippen molar-refractivity contribution in [3.63, 3.8) is 0 Å². The number of Topliss-reactive ketones (excluding diaryl/α,β-unsaturated/α-hetero) is 1. The van der Waals surface area contributed by atoms with Gasteiger partial charge in [0.1, 0.15) is 51.6 Å². The molecule has 1 aromatic heterocycles. The predicted octanol–water partition coefficient (Wildman–Crippen LogP) is 1.17. The summed E-state index contributed by atoms with van der Waals surface area (Å²) in [6.07, 6.45) is 0. The Bertz CT molecular complexity index is 975. The summed E-state index contributed by atoms with van der Waals surface area (Å²) in [4.78, 5) is 19.2. The number of ketones is 1. The van der Waals surface area contributed by atoms with Crippen LogP contribution in [-0.2, 0) is 0 Å². The van der Waals surface area contributed by atoms with Gasteiger partial charge >= 0.3 is 0 Å². The van der Waals surface area contributed by atoms with Crippen LogP contribution < -0.4 is 14.5 Å². The minimum absolute atomic E-state index is 0.240. The maximum atomic E-state index is 13.0. The van der Waals surface area contributed by atoms with Gasteiger partial charge in [0.2, 0.25) is 5.78 Å². The molecule has 0 spiro atoms. The third-order valence-corrected chi connectivity index (χ3v) is 6.04. The van der Waals surface area contributed by atoms with Gasteiger partial charge in [-0.1, -0.05) is 29.8 Å². The van der Waals surface area contributed by atoms with E-state index < -0.39 is 0 Å². The van der Waals surface area contributed by atoms with Crippen molar-refractivity contribution in [1.82, 2.24) is 4.98 Å². The first-order valence-corrected chi connectivity index (χ1v) is 10.6. The number of carbonyl (C=O) groups is 1. The second-order valence-electron chi connectivity index (χ2n) is 7.82. The summed E-state index contributed by atoms with van der Waals surface area (Å²) in [5.41, 5.74) is 2.87. The molecular weight excluding hydrogens is 386 g/mol. The number of fused-ring (bicyclic) bond motifs is 1. The van der Waals surface area contributed by atoms with Crippen LogP contribution in [-0.4, -0.2) is 56.6 Å². The zero-order valence-corrected chi connectivity index (χ0v) is 17.5. The molecule has 2 heterocycles. The maximum Gasteiger partial charge on any atom is 0.219 e. The van der Waals surface area contributed by atoms with Crippen molar-refractivity contribution in [1.29, 1.82) is 0 Å². The number of ether oxygens (including phenoxy) is 1. The molecule has 1 saturated heterocycles. The van der Waals surface area contributed by atoms with E-state index in [0.717, 1.165) is 65.7 Å². The van der Waals surface area contributed by atoms with Gasteiger partial charge in [0.25, 0.3) is 0 Å². The van der Waals surface area contributed by atoms with Gasteiger partial charge in [-0.05, 0) is 37.3 Å². The van der Waals surface area contributed by atoms with Crippen molar-refractivity contribution in [2.75, 3.05) is 45.9 Å². The number of rotatable bonds is 7. The van der Waals surface area contributed by atoms with Crippen LogP contribution in [0.5, 0.6) is 5.75 Å². The molecule has 0 aliphatic carbocycles. The van der Waals surface area contributed by atoms with Crippen molar-refractivity contribution in [3.05, 3.63) is 64.8 Å². The molecule has 0 unspecified atom stereocenters. The number of quaternary nitrogens is 2. The van der Waals surface area contributed by atoms with Crippen molar-refractivity contribution in [2.24, 2.45) is 0 Å². The number of halogens is 1. The Morgan fingerprint density at radius 2 is 1.72 bits per heavy atom. The number of piperazine rings is 1. The molecule has 2 aromatic carbocycles. The van der Waals surface area contributed by atoms with Crippen molar-refractivity contribution in [3.8, 4) is 5.75 Å². The van der Waals surface area contributed by atoms with E-state index in [4.69, 9.17) is 16.3 Å². The molecule has 0 bridgehead atoms. The molecule has 4 rings (SSSR count). The van der Waals surface area contributed by atoms with Crippen molar-refractivity contribution in [2.45, 2.75) is 6.92 Å². The number of H-pyrrole nitrogens is 1. The number of para-hydroxylation sites is 1. The van der Waals surface area contributed by atoms with Gasteiger partial charge in [-0.3, -0.25) is 4.79 Å². The van der Waals surface area contributed by atoms with Gasteiger partial charge in [-0.15, -0.1) is 0 Å². The van der Waals surface area contributed by atoms with E-state index in [1.54, 1.807) is 4.90 Å². The van der Waals surface area contributed by atoms with Crippen LogP contribution in [0.2, 0.25) is 5.02 Å². The number of aryl methyl sites for hydroxylation is 1. The van der Waals surface area contributed by atoms with Crippen molar-refractivity contribution >= 4 is 28.3 Å². The molecule has 3 aromatic rings. The van der Waals surface area contributed by atoms with Crippen LogP contribution in [0.15, 0.2) is 48.5 Å². The quantitative estimate of drug-likeness (QED) is 0.509. The van der Waals surface area contributed by atoms with Gasteiger partial charge < -0.3 is 19.5 Å². The molecule has 3 N–H and O–H groups in total. The Morgan fingerprint density at radius 3 is 2.48 bits per heavy atom. The SMILES string of the molecule is Cc1[nH]c2ccccc2c1C(=O)C[NH+]1CC[NH+](CCOc2ccc(Cl)cc2)CC1. The first kappa shape index (κ1) is 20.0. The Kier molecular flexibility index (Phi) is 6.19. The lowest BCUT2D eigenvalue weighted by Crippen LogP contribution is -3.28. The van der Waals surface area contributed by atoms with E-state index in [-0.39, 0.29) is 5.78 Å². The van der Waals surface area contributed by atoms with Crippen LogP contribution in [0, 0.1) is 6.92 Å². The number of nitrogens with one attached hydrogen (secondary N) is 3. The molecule has 152 valence electrons. The average molecular weight is 414 g/mol. The number of benzene rings is 2. The molecule has 0 amide bonds. The summed E-state index contributed by atoms with van der Waals surface area (Å²) in [5.74, 6) is 1.10. The predicted molar refractivity (Wildman–Crippen MR) is 115 cm³/mol. The maximum absolute atomic E-state index is 13.0. The third kappa shape index (κ3) is 4.81. The minimum Gasteiger partial charge on any atom is -0.488 e. The lowest BCUT2D eigenvalue weighted by Gasteiger charge is -2.29. The summed E-state index contributed by atoms with van der Waals surface area (Å²) < 4.78 is 5.81. The summed E-state index contributed by atoms with van der Waals surface area (Å²) in [5, 5.41) is 1.76. The number of aromatic amines is 1. The fraction of sp³-hybridized carbons (Fsp3) is 0.348. The fourth-order valence-electron chi connectivity index (χ4n) is 4.18. The van der Waals surface area contributed by atoms with E-state index in [1.165, 1.54) is 4.90 Å². The highest BCUT2D eigenvalue weighted by atomic mass is 35.5. The zero-order chi connectivity index (χ0) is 20.2. The van der Waals surface area contributed by atoms with Gasteiger partial charge in [-0.2, -0.15) is 0 Å². The largest absolute Gasteiger partial charge is 0.488 e.